The number of benzene rings is 1. The van der Waals surface area contributed by atoms with E-state index in [2.05, 4.69) is 5.32 Å². The third-order valence-electron chi connectivity index (χ3n) is 3.32. The van der Waals surface area contributed by atoms with Crippen molar-refractivity contribution >= 4 is 17.6 Å². The number of nitrogens with zero attached hydrogens (tertiary/aromatic N) is 1. The first-order valence-electron chi connectivity index (χ1n) is 6.27. The monoisotopic (exact) mass is 262 g/mol. The molecule has 3 amide bonds. The lowest BCUT2D eigenvalue weighted by molar-refractivity contribution is 0.1000. The minimum Gasteiger partial charge on any atom is -0.382 e. The molecule has 1 aliphatic heterocycles. The van der Waals surface area contributed by atoms with E-state index < -0.39 is 5.91 Å². The number of likely N-dealkylation sites (tertiary alicyclic amines) is 1. The van der Waals surface area contributed by atoms with Crippen molar-refractivity contribution in [2.45, 2.75) is 18.9 Å². The lowest BCUT2D eigenvalue weighted by Gasteiger charge is -2.31. The number of nitrogens with two attached hydrogens (primary N) is 2. The second kappa shape index (κ2) is 5.60. The van der Waals surface area contributed by atoms with Gasteiger partial charge in [-0.3, -0.25) is 4.79 Å². The van der Waals surface area contributed by atoms with E-state index in [0.717, 1.165) is 18.5 Å². The van der Waals surface area contributed by atoms with Gasteiger partial charge in [-0.2, -0.15) is 0 Å². The van der Waals surface area contributed by atoms with Gasteiger partial charge in [0.05, 0.1) is 0 Å². The normalized spacial score (nSPS) is 16.1. The summed E-state index contributed by atoms with van der Waals surface area (Å²) in [5.41, 5.74) is 11.8. The Hall–Kier alpha value is -2.24. The lowest BCUT2D eigenvalue weighted by atomic mass is 10.0. The molecule has 1 heterocycles. The average Bonchev–Trinajstić information content (AvgIpc) is 2.39. The van der Waals surface area contributed by atoms with E-state index in [9.17, 15) is 9.59 Å². The number of primary amides is 2. The molecule has 0 bridgehead atoms. The fraction of sp³-hybridized carbons (Fsp3) is 0.385. The quantitative estimate of drug-likeness (QED) is 0.748. The summed E-state index contributed by atoms with van der Waals surface area (Å²) in [5, 5.41) is 3.35. The number of amides is 3. The molecule has 1 aromatic rings. The van der Waals surface area contributed by atoms with Crippen molar-refractivity contribution in [3.63, 3.8) is 0 Å². The van der Waals surface area contributed by atoms with Crippen LogP contribution in [0.15, 0.2) is 24.3 Å². The van der Waals surface area contributed by atoms with Crippen molar-refractivity contribution in [2.75, 3.05) is 18.4 Å². The molecule has 0 radical (unpaired) electrons. The fourth-order valence-corrected chi connectivity index (χ4v) is 2.24. The van der Waals surface area contributed by atoms with Crippen LogP contribution in [0.3, 0.4) is 0 Å². The van der Waals surface area contributed by atoms with Crippen LogP contribution in [0.1, 0.15) is 23.2 Å². The van der Waals surface area contributed by atoms with Gasteiger partial charge in [0.15, 0.2) is 0 Å². The molecule has 19 heavy (non-hydrogen) atoms. The van der Waals surface area contributed by atoms with E-state index in [1.807, 2.05) is 6.07 Å². The van der Waals surface area contributed by atoms with Crippen LogP contribution in [-0.4, -0.2) is 36.0 Å². The Balaban J connectivity index is 1.94. The van der Waals surface area contributed by atoms with E-state index in [0.29, 0.717) is 18.7 Å². The molecule has 1 aromatic carbocycles. The molecule has 102 valence electrons. The predicted molar refractivity (Wildman–Crippen MR) is 72.8 cm³/mol. The third-order valence-corrected chi connectivity index (χ3v) is 3.32. The zero-order valence-electron chi connectivity index (χ0n) is 10.6. The highest BCUT2D eigenvalue weighted by Gasteiger charge is 2.20. The number of urea groups is 1. The van der Waals surface area contributed by atoms with Crippen LogP contribution in [-0.2, 0) is 0 Å². The summed E-state index contributed by atoms with van der Waals surface area (Å²) >= 11 is 0. The van der Waals surface area contributed by atoms with Crippen LogP contribution in [0.2, 0.25) is 0 Å². The van der Waals surface area contributed by atoms with Crippen molar-refractivity contribution in [1.29, 1.82) is 0 Å². The van der Waals surface area contributed by atoms with Crippen molar-refractivity contribution in [3.8, 4) is 0 Å². The van der Waals surface area contributed by atoms with Crippen LogP contribution in [0, 0.1) is 0 Å². The van der Waals surface area contributed by atoms with Gasteiger partial charge in [-0.1, -0.05) is 6.07 Å². The van der Waals surface area contributed by atoms with Crippen molar-refractivity contribution in [2.24, 2.45) is 11.5 Å². The largest absolute Gasteiger partial charge is 0.382 e. The molecule has 1 saturated heterocycles. The first kappa shape index (κ1) is 13.2. The number of rotatable bonds is 3. The Kier molecular flexibility index (Phi) is 3.89. The minimum absolute atomic E-state index is 0.277. The number of piperidine rings is 1. The Morgan fingerprint density at radius 3 is 2.47 bits per heavy atom. The maximum Gasteiger partial charge on any atom is 0.314 e. The summed E-state index contributed by atoms with van der Waals surface area (Å²) in [4.78, 5) is 23.8. The summed E-state index contributed by atoms with van der Waals surface area (Å²) < 4.78 is 0. The van der Waals surface area contributed by atoms with E-state index >= 15 is 0 Å². The van der Waals surface area contributed by atoms with Crippen LogP contribution >= 0.6 is 0 Å². The standard InChI is InChI=1S/C13H18N4O2/c14-12(18)9-2-1-3-11(8-9)16-10-4-6-17(7-5-10)13(15)19/h1-3,8,10,16H,4-7H2,(H2,14,18)(H2,15,19). The molecular formula is C13H18N4O2. The summed E-state index contributed by atoms with van der Waals surface area (Å²) in [6, 6.07) is 7.02. The first-order valence-corrected chi connectivity index (χ1v) is 6.27. The summed E-state index contributed by atoms with van der Waals surface area (Å²) in [7, 11) is 0. The average molecular weight is 262 g/mol. The highest BCUT2D eigenvalue weighted by atomic mass is 16.2. The molecule has 5 N–H and O–H groups in total. The van der Waals surface area contributed by atoms with Gasteiger partial charge in [-0.05, 0) is 31.0 Å². The molecular weight excluding hydrogens is 244 g/mol. The van der Waals surface area contributed by atoms with Crippen LogP contribution in [0.4, 0.5) is 10.5 Å². The van der Waals surface area contributed by atoms with Gasteiger partial charge in [0.25, 0.3) is 0 Å². The van der Waals surface area contributed by atoms with E-state index in [-0.39, 0.29) is 12.1 Å². The van der Waals surface area contributed by atoms with Gasteiger partial charge in [-0.15, -0.1) is 0 Å². The molecule has 0 spiro atoms. The number of carbonyl (C=O) groups is 2. The van der Waals surface area contributed by atoms with Crippen molar-refractivity contribution in [3.05, 3.63) is 29.8 Å². The molecule has 0 aromatic heterocycles. The number of anilines is 1. The maximum atomic E-state index is 11.1. The zero-order valence-corrected chi connectivity index (χ0v) is 10.6. The van der Waals surface area contributed by atoms with Gasteiger partial charge >= 0.3 is 6.03 Å². The van der Waals surface area contributed by atoms with E-state index in [1.54, 1.807) is 23.1 Å². The number of carbonyl (C=O) groups excluding carboxylic acids is 2. The van der Waals surface area contributed by atoms with Crippen LogP contribution < -0.4 is 16.8 Å². The van der Waals surface area contributed by atoms with E-state index in [4.69, 9.17) is 11.5 Å². The molecule has 2 rings (SSSR count). The van der Waals surface area contributed by atoms with Gasteiger partial charge in [0, 0.05) is 30.4 Å². The Morgan fingerprint density at radius 2 is 1.89 bits per heavy atom. The summed E-state index contributed by atoms with van der Waals surface area (Å²) in [5.74, 6) is -0.438. The first-order chi connectivity index (χ1) is 9.06. The molecule has 0 saturated carbocycles. The third kappa shape index (κ3) is 3.37. The maximum absolute atomic E-state index is 11.1. The second-order valence-electron chi connectivity index (χ2n) is 4.69. The topological polar surface area (TPSA) is 101 Å². The highest BCUT2D eigenvalue weighted by Crippen LogP contribution is 2.17. The second-order valence-corrected chi connectivity index (χ2v) is 4.69. The summed E-state index contributed by atoms with van der Waals surface area (Å²) in [6.45, 7) is 1.31. The number of hydrogen-bond acceptors (Lipinski definition) is 3. The summed E-state index contributed by atoms with van der Waals surface area (Å²) in [6.07, 6.45) is 1.67. The molecule has 0 aliphatic carbocycles. The predicted octanol–water partition coefficient (Wildman–Crippen LogP) is 0.740. The highest BCUT2D eigenvalue weighted by molar-refractivity contribution is 5.93. The van der Waals surface area contributed by atoms with Gasteiger partial charge < -0.3 is 21.7 Å². The van der Waals surface area contributed by atoms with Crippen LogP contribution in [0.5, 0.6) is 0 Å². The minimum atomic E-state index is -0.438. The molecule has 6 nitrogen and oxygen atoms in total. The number of hydrogen-bond donors (Lipinski definition) is 3. The molecule has 0 atom stereocenters. The smallest absolute Gasteiger partial charge is 0.314 e. The van der Waals surface area contributed by atoms with Crippen LogP contribution in [0.25, 0.3) is 0 Å². The molecule has 6 heteroatoms. The van der Waals surface area contributed by atoms with E-state index in [1.165, 1.54) is 0 Å². The lowest BCUT2D eigenvalue weighted by Crippen LogP contribution is -2.44. The Labute approximate surface area is 111 Å². The van der Waals surface area contributed by atoms with Gasteiger partial charge in [0.1, 0.15) is 0 Å². The molecule has 0 unspecified atom stereocenters. The van der Waals surface area contributed by atoms with Gasteiger partial charge in [-0.25, -0.2) is 4.79 Å². The molecule has 1 fully saturated rings. The fourth-order valence-electron chi connectivity index (χ4n) is 2.24. The van der Waals surface area contributed by atoms with Crippen molar-refractivity contribution in [1.82, 2.24) is 4.90 Å². The zero-order chi connectivity index (χ0) is 13.8. The SMILES string of the molecule is NC(=O)c1cccc(NC2CCN(C(N)=O)CC2)c1. The number of nitrogens with one attached hydrogen (secondary N) is 1. The Bertz CT molecular complexity index is 481. The van der Waals surface area contributed by atoms with Gasteiger partial charge in [0.2, 0.25) is 5.91 Å². The molecule has 1 aliphatic rings. The Morgan fingerprint density at radius 1 is 1.21 bits per heavy atom. The van der Waals surface area contributed by atoms with Crippen molar-refractivity contribution < 1.29 is 9.59 Å².